The van der Waals surface area contributed by atoms with Gasteiger partial charge in [-0.3, -0.25) is 14.7 Å². The predicted octanol–water partition coefficient (Wildman–Crippen LogP) is 0.193. The lowest BCUT2D eigenvalue weighted by Crippen LogP contribution is -2.48. The monoisotopic (exact) mass is 503 g/mol. The molecule has 0 spiro atoms. The van der Waals surface area contributed by atoms with E-state index in [0.29, 0.717) is 46.8 Å². The van der Waals surface area contributed by atoms with E-state index in [1.165, 1.54) is 6.20 Å². The number of amides is 1. The Morgan fingerprint density at radius 3 is 2.61 bits per heavy atom. The topological polar surface area (TPSA) is 104 Å². The molecule has 1 fully saturated rings. The first kappa shape index (κ1) is 28.2. The lowest BCUT2D eigenvalue weighted by molar-refractivity contribution is -0.0698. The molecule has 1 aliphatic rings. The van der Waals surface area contributed by atoms with E-state index in [1.54, 1.807) is 42.9 Å². The van der Waals surface area contributed by atoms with Crippen molar-refractivity contribution in [2.75, 3.05) is 25.0 Å². The fourth-order valence-electron chi connectivity index (χ4n) is 4.75. The Morgan fingerprint density at radius 1 is 1.24 bits per heavy atom. The van der Waals surface area contributed by atoms with Crippen LogP contribution in [0.4, 0.5) is 5.69 Å². The summed E-state index contributed by atoms with van der Waals surface area (Å²) in [7, 11) is 24.0. The average Bonchev–Trinajstić information content (AvgIpc) is 3.26. The molecule has 2 aromatic heterocycles. The Hall–Kier alpha value is -2.81. The first-order chi connectivity index (χ1) is 17.9. The third kappa shape index (κ3) is 6.42. The number of hydrogen-bond donors (Lipinski definition) is 3. The molecular formula is C26H29B4N5O3. The number of carbonyl (C=O) groups excluding carboxylic acids is 1. The summed E-state index contributed by atoms with van der Waals surface area (Å²) < 4.78 is 1.61. The minimum absolute atomic E-state index is 0.0842. The Balaban J connectivity index is 1.52. The second kappa shape index (κ2) is 11.1. The molecule has 1 amide bonds. The molecular weight excluding hydrogens is 474 g/mol. The summed E-state index contributed by atoms with van der Waals surface area (Å²) in [6.07, 6.45) is 4.87. The molecule has 188 valence electrons. The molecule has 4 rings (SSSR count). The normalized spacial score (nSPS) is 18.2. The molecule has 12 heteroatoms. The standard InChI is InChI=1S/C26H29B4N5O3/c1-16-21(13-35(33-16)20-7-5-18(27)6-8-20)24(37)32-19-10-22(26(28,29)30)23(31-11-19)14-34-9-3-4-17(12-34)25(2,38)15-36/h5-8,10-11,13,17,36,38H,3-4,9,12,14-15H2,1-2H3,(H,32,37). The van der Waals surface area contributed by atoms with Crippen LogP contribution in [-0.2, 0) is 11.7 Å². The van der Waals surface area contributed by atoms with Gasteiger partial charge in [0.2, 0.25) is 0 Å². The number of carbonyl (C=O) groups is 1. The Kier molecular flexibility index (Phi) is 8.26. The van der Waals surface area contributed by atoms with Crippen molar-refractivity contribution in [2.45, 2.75) is 43.9 Å². The van der Waals surface area contributed by atoms with Crippen molar-refractivity contribution in [3.05, 3.63) is 65.2 Å². The van der Waals surface area contributed by atoms with Gasteiger partial charge in [0.25, 0.3) is 5.91 Å². The SMILES string of the molecule is [B]c1ccc(-n2cc(C(=O)Nc3cnc(CN4CCCC(C(C)(O)CO)C4)c(C([B])([B])[B])c3)c(C)n2)cc1. The molecule has 1 aliphatic heterocycles. The van der Waals surface area contributed by atoms with Crippen LogP contribution in [-0.4, -0.2) is 92.5 Å². The number of aromatic nitrogens is 3. The van der Waals surface area contributed by atoms with Crippen LogP contribution in [0.2, 0.25) is 0 Å². The minimum Gasteiger partial charge on any atom is -0.393 e. The smallest absolute Gasteiger partial charge is 0.259 e. The fourth-order valence-corrected chi connectivity index (χ4v) is 4.75. The van der Waals surface area contributed by atoms with Gasteiger partial charge in [0.1, 0.15) is 7.85 Å². The van der Waals surface area contributed by atoms with E-state index < -0.39 is 10.7 Å². The number of anilines is 1. The number of likely N-dealkylation sites (tertiary alicyclic amines) is 1. The number of aryl methyl sites for hydroxylation is 1. The van der Waals surface area contributed by atoms with Crippen LogP contribution in [0, 0.1) is 12.8 Å². The summed E-state index contributed by atoms with van der Waals surface area (Å²) in [4.78, 5) is 19.8. The van der Waals surface area contributed by atoms with Crippen LogP contribution < -0.4 is 10.8 Å². The molecule has 3 heterocycles. The van der Waals surface area contributed by atoms with Crippen LogP contribution in [0.25, 0.3) is 5.69 Å². The number of piperidine rings is 1. The van der Waals surface area contributed by atoms with Crippen LogP contribution in [0.5, 0.6) is 0 Å². The van der Waals surface area contributed by atoms with Gasteiger partial charge in [0, 0.05) is 25.2 Å². The molecule has 2 unspecified atom stereocenters. The van der Waals surface area contributed by atoms with Crippen molar-refractivity contribution in [1.29, 1.82) is 0 Å². The Bertz CT molecular complexity index is 1290. The molecule has 0 bridgehead atoms. The van der Waals surface area contributed by atoms with Gasteiger partial charge in [0.15, 0.2) is 0 Å². The van der Waals surface area contributed by atoms with Crippen molar-refractivity contribution in [3.8, 4) is 5.69 Å². The molecule has 0 saturated carbocycles. The van der Waals surface area contributed by atoms with E-state index in [9.17, 15) is 15.0 Å². The maximum atomic E-state index is 13.1. The molecule has 3 N–H and O–H groups in total. The third-order valence-electron chi connectivity index (χ3n) is 7.07. The number of aliphatic hydroxyl groups excluding tert-OH is 1. The molecule has 2 atom stereocenters. The second-order valence-electron chi connectivity index (χ2n) is 10.4. The van der Waals surface area contributed by atoms with Gasteiger partial charge in [-0.1, -0.05) is 17.6 Å². The van der Waals surface area contributed by atoms with E-state index in [4.69, 9.17) is 31.4 Å². The highest BCUT2D eigenvalue weighted by molar-refractivity contribution is 6.59. The van der Waals surface area contributed by atoms with Gasteiger partial charge < -0.3 is 15.5 Å². The zero-order valence-electron chi connectivity index (χ0n) is 21.8. The number of rotatable bonds is 8. The van der Waals surface area contributed by atoms with Crippen molar-refractivity contribution in [2.24, 2.45) is 5.92 Å². The van der Waals surface area contributed by atoms with Gasteiger partial charge in [-0.2, -0.15) is 5.10 Å². The van der Waals surface area contributed by atoms with E-state index in [-0.39, 0.29) is 18.4 Å². The number of benzene rings is 1. The third-order valence-corrected chi connectivity index (χ3v) is 7.07. The Labute approximate surface area is 228 Å². The number of hydrogen-bond acceptors (Lipinski definition) is 6. The maximum Gasteiger partial charge on any atom is 0.259 e. The highest BCUT2D eigenvalue weighted by atomic mass is 16.3. The van der Waals surface area contributed by atoms with Crippen LogP contribution in [0.3, 0.4) is 0 Å². The highest BCUT2D eigenvalue weighted by Crippen LogP contribution is 2.29. The van der Waals surface area contributed by atoms with Crippen LogP contribution in [0.15, 0.2) is 42.7 Å². The number of nitrogens with zero attached hydrogens (tertiary/aromatic N) is 4. The quantitative estimate of drug-likeness (QED) is 0.380. The molecule has 8 radical (unpaired) electrons. The summed E-state index contributed by atoms with van der Waals surface area (Å²) >= 11 is 0. The maximum absolute atomic E-state index is 13.1. The van der Waals surface area contributed by atoms with Crippen molar-refractivity contribution in [1.82, 2.24) is 19.7 Å². The van der Waals surface area contributed by atoms with Crippen LogP contribution >= 0.6 is 0 Å². The predicted molar refractivity (Wildman–Crippen MR) is 151 cm³/mol. The first-order valence-electron chi connectivity index (χ1n) is 12.5. The Morgan fingerprint density at radius 2 is 1.95 bits per heavy atom. The molecule has 0 aliphatic carbocycles. The first-order valence-corrected chi connectivity index (χ1v) is 12.5. The number of pyridine rings is 1. The van der Waals surface area contributed by atoms with E-state index in [2.05, 4.69) is 20.3 Å². The fraction of sp³-hybridized carbons (Fsp3) is 0.423. The lowest BCUT2D eigenvalue weighted by atomic mass is 9.40. The summed E-state index contributed by atoms with van der Waals surface area (Å²) in [5, 5.41) is 25.7. The molecule has 1 aromatic carbocycles. The van der Waals surface area contributed by atoms with E-state index in [1.807, 2.05) is 12.1 Å². The van der Waals surface area contributed by atoms with Crippen molar-refractivity contribution in [3.63, 3.8) is 0 Å². The minimum atomic E-state index is -1.69. The average molecular weight is 503 g/mol. The summed E-state index contributed by atoms with van der Waals surface area (Å²) in [6.45, 7) is 4.87. The summed E-state index contributed by atoms with van der Waals surface area (Å²) in [5.74, 6) is -0.453. The number of aliphatic hydroxyl groups is 2. The second-order valence-corrected chi connectivity index (χ2v) is 10.4. The zero-order chi connectivity index (χ0) is 27.7. The summed E-state index contributed by atoms with van der Waals surface area (Å²) in [5.41, 5.74) is 2.54. The largest absolute Gasteiger partial charge is 0.393 e. The van der Waals surface area contributed by atoms with Gasteiger partial charge in [-0.15, -0.1) is 5.11 Å². The zero-order valence-corrected chi connectivity index (χ0v) is 21.8. The van der Waals surface area contributed by atoms with Crippen LogP contribution in [0.1, 0.15) is 47.1 Å². The summed E-state index contributed by atoms with van der Waals surface area (Å²) in [6, 6.07) is 8.79. The molecule has 3 aromatic rings. The van der Waals surface area contributed by atoms with Crippen molar-refractivity contribution < 1.29 is 15.0 Å². The highest BCUT2D eigenvalue weighted by Gasteiger charge is 2.35. The van der Waals surface area contributed by atoms with E-state index >= 15 is 0 Å². The van der Waals surface area contributed by atoms with Crippen molar-refractivity contribution >= 4 is 48.4 Å². The van der Waals surface area contributed by atoms with Gasteiger partial charge in [0.05, 0.1) is 70.3 Å². The lowest BCUT2D eigenvalue weighted by Gasteiger charge is -2.40. The van der Waals surface area contributed by atoms with Gasteiger partial charge in [-0.25, -0.2) is 4.68 Å². The van der Waals surface area contributed by atoms with Gasteiger partial charge >= 0.3 is 0 Å². The molecule has 38 heavy (non-hydrogen) atoms. The molecule has 8 nitrogen and oxygen atoms in total. The molecule has 1 saturated heterocycles. The van der Waals surface area contributed by atoms with Gasteiger partial charge in [-0.05, 0) is 57.0 Å². The van der Waals surface area contributed by atoms with E-state index in [0.717, 1.165) is 25.1 Å². The number of nitrogens with one attached hydrogen (secondary N) is 1.